The highest BCUT2D eigenvalue weighted by molar-refractivity contribution is 5.92. The number of carbonyl (C=O) groups is 1. The van der Waals surface area contributed by atoms with E-state index in [0.29, 0.717) is 5.56 Å². The fraction of sp³-hybridized carbons (Fsp3) is 0.400. The smallest absolute Gasteiger partial charge is 0.292 e. The van der Waals surface area contributed by atoms with Crippen LogP contribution in [0.5, 0.6) is 0 Å². The predicted molar refractivity (Wildman–Crippen MR) is 68.4 cm³/mol. The summed E-state index contributed by atoms with van der Waals surface area (Å²) in [5, 5.41) is 0. The average Bonchev–Trinajstić information content (AvgIpc) is 2.37. The fourth-order valence-electron chi connectivity index (χ4n) is 2.15. The number of aryl methyl sites for hydroxylation is 2. The SMILES string of the molecule is Cc1cccc(C)c1C(=O)OO[C]1CC[CH]CC1. The van der Waals surface area contributed by atoms with Crippen LogP contribution in [0.25, 0.3) is 0 Å². The maximum atomic E-state index is 12.0. The molecule has 0 heterocycles. The van der Waals surface area contributed by atoms with E-state index in [1.807, 2.05) is 32.0 Å². The van der Waals surface area contributed by atoms with Crippen LogP contribution in [0.3, 0.4) is 0 Å². The predicted octanol–water partition coefficient (Wildman–Crippen LogP) is 3.70. The molecule has 0 amide bonds. The third-order valence-corrected chi connectivity index (χ3v) is 3.18. The first kappa shape index (κ1) is 13.1. The van der Waals surface area contributed by atoms with Gasteiger partial charge in [-0.3, -0.25) is 4.89 Å². The summed E-state index contributed by atoms with van der Waals surface area (Å²) in [6.45, 7) is 3.79. The van der Waals surface area contributed by atoms with Gasteiger partial charge in [-0.05, 0) is 57.1 Å². The van der Waals surface area contributed by atoms with E-state index in [4.69, 9.17) is 9.78 Å². The second kappa shape index (κ2) is 6.01. The van der Waals surface area contributed by atoms with E-state index in [2.05, 4.69) is 6.42 Å². The summed E-state index contributed by atoms with van der Waals surface area (Å²) in [5.74, 6) is -0.410. The first-order valence-corrected chi connectivity index (χ1v) is 6.30. The molecule has 2 rings (SSSR count). The summed E-state index contributed by atoms with van der Waals surface area (Å²) in [6.07, 6.45) is 6.77. The lowest BCUT2D eigenvalue weighted by molar-refractivity contribution is -0.238. The molecule has 2 radical (unpaired) electrons. The van der Waals surface area contributed by atoms with Crippen molar-refractivity contribution in [2.24, 2.45) is 0 Å². The number of rotatable bonds is 3. The molecule has 1 aromatic carbocycles. The maximum absolute atomic E-state index is 12.0. The Morgan fingerprint density at radius 2 is 1.72 bits per heavy atom. The van der Waals surface area contributed by atoms with Crippen LogP contribution >= 0.6 is 0 Å². The Hall–Kier alpha value is -1.35. The Morgan fingerprint density at radius 1 is 1.11 bits per heavy atom. The van der Waals surface area contributed by atoms with Gasteiger partial charge in [-0.1, -0.05) is 18.2 Å². The average molecular weight is 246 g/mol. The third kappa shape index (κ3) is 3.10. The van der Waals surface area contributed by atoms with E-state index in [-0.39, 0.29) is 0 Å². The third-order valence-electron chi connectivity index (χ3n) is 3.18. The van der Waals surface area contributed by atoms with Crippen molar-refractivity contribution in [1.29, 1.82) is 0 Å². The van der Waals surface area contributed by atoms with Gasteiger partial charge in [0.05, 0.1) is 5.56 Å². The van der Waals surface area contributed by atoms with Gasteiger partial charge in [0.1, 0.15) is 6.10 Å². The first-order valence-electron chi connectivity index (χ1n) is 6.30. The summed E-state index contributed by atoms with van der Waals surface area (Å²) in [5.41, 5.74) is 2.41. The summed E-state index contributed by atoms with van der Waals surface area (Å²) >= 11 is 0. The minimum atomic E-state index is -0.410. The molecule has 18 heavy (non-hydrogen) atoms. The molecule has 1 aliphatic carbocycles. The largest absolute Gasteiger partial charge is 0.373 e. The molecule has 0 unspecified atom stereocenters. The number of hydrogen-bond donors (Lipinski definition) is 0. The summed E-state index contributed by atoms with van der Waals surface area (Å²) in [6, 6.07) is 5.71. The van der Waals surface area contributed by atoms with Crippen molar-refractivity contribution in [2.75, 3.05) is 0 Å². The highest BCUT2D eigenvalue weighted by Gasteiger charge is 2.20. The van der Waals surface area contributed by atoms with Gasteiger partial charge in [-0.15, -0.1) is 0 Å². The Balaban J connectivity index is 1.95. The molecule has 0 aliphatic heterocycles. The quantitative estimate of drug-likeness (QED) is 0.602. The molecule has 0 saturated heterocycles. The molecule has 0 spiro atoms. The lowest BCUT2D eigenvalue weighted by atomic mass is 9.98. The van der Waals surface area contributed by atoms with Gasteiger partial charge in [0.25, 0.3) is 0 Å². The molecule has 1 saturated carbocycles. The second-order valence-electron chi connectivity index (χ2n) is 4.63. The molecule has 1 fully saturated rings. The number of benzene rings is 1. The minimum absolute atomic E-state index is 0.410. The topological polar surface area (TPSA) is 35.5 Å². The Labute approximate surface area is 108 Å². The van der Waals surface area contributed by atoms with Gasteiger partial charge in [0.15, 0.2) is 0 Å². The Morgan fingerprint density at radius 3 is 2.33 bits per heavy atom. The molecular formula is C15H18O3. The zero-order valence-corrected chi connectivity index (χ0v) is 10.9. The fourth-order valence-corrected chi connectivity index (χ4v) is 2.15. The van der Waals surface area contributed by atoms with Gasteiger partial charge in [0.2, 0.25) is 0 Å². The van der Waals surface area contributed by atoms with Crippen LogP contribution in [-0.4, -0.2) is 5.97 Å². The van der Waals surface area contributed by atoms with E-state index >= 15 is 0 Å². The molecule has 0 N–H and O–H groups in total. The van der Waals surface area contributed by atoms with Crippen LogP contribution in [0.1, 0.15) is 47.2 Å². The maximum Gasteiger partial charge on any atom is 0.373 e. The van der Waals surface area contributed by atoms with E-state index in [0.717, 1.165) is 42.9 Å². The van der Waals surface area contributed by atoms with E-state index in [9.17, 15) is 4.79 Å². The standard InChI is InChI=1S/C15H18O3/c1-11-7-6-8-12(2)14(11)15(16)18-17-13-9-4-3-5-10-13/h3,6-8H,4-5,9-10H2,1-2H3. The van der Waals surface area contributed by atoms with Crippen molar-refractivity contribution in [1.82, 2.24) is 0 Å². The summed E-state index contributed by atoms with van der Waals surface area (Å²) < 4.78 is 0. The molecule has 0 atom stereocenters. The van der Waals surface area contributed by atoms with E-state index < -0.39 is 5.97 Å². The van der Waals surface area contributed by atoms with Crippen LogP contribution in [0.4, 0.5) is 0 Å². The highest BCUT2D eigenvalue weighted by Crippen LogP contribution is 2.26. The van der Waals surface area contributed by atoms with Crippen LogP contribution in [0.2, 0.25) is 0 Å². The second-order valence-corrected chi connectivity index (χ2v) is 4.63. The van der Waals surface area contributed by atoms with E-state index in [1.54, 1.807) is 0 Å². The zero-order valence-electron chi connectivity index (χ0n) is 10.9. The van der Waals surface area contributed by atoms with Crippen LogP contribution in [-0.2, 0) is 9.78 Å². The van der Waals surface area contributed by atoms with Crippen molar-refractivity contribution < 1.29 is 14.6 Å². The summed E-state index contributed by atoms with van der Waals surface area (Å²) in [4.78, 5) is 22.1. The van der Waals surface area contributed by atoms with Gasteiger partial charge < -0.3 is 0 Å². The van der Waals surface area contributed by atoms with Crippen LogP contribution in [0, 0.1) is 26.4 Å². The number of hydrogen-bond acceptors (Lipinski definition) is 3. The van der Waals surface area contributed by atoms with Crippen molar-refractivity contribution in [3.05, 3.63) is 47.4 Å². The monoisotopic (exact) mass is 246 g/mol. The molecule has 1 aliphatic rings. The van der Waals surface area contributed by atoms with Gasteiger partial charge in [0, 0.05) is 0 Å². The number of carbonyl (C=O) groups excluding carboxylic acids is 1. The molecule has 0 aromatic heterocycles. The lowest BCUT2D eigenvalue weighted by Gasteiger charge is -2.19. The summed E-state index contributed by atoms with van der Waals surface area (Å²) in [7, 11) is 0. The van der Waals surface area contributed by atoms with Crippen molar-refractivity contribution in [3.8, 4) is 0 Å². The first-order chi connectivity index (χ1) is 8.68. The van der Waals surface area contributed by atoms with Gasteiger partial charge in [-0.2, -0.15) is 4.89 Å². The minimum Gasteiger partial charge on any atom is -0.292 e. The van der Waals surface area contributed by atoms with Gasteiger partial charge >= 0.3 is 5.97 Å². The van der Waals surface area contributed by atoms with Crippen LogP contribution in [0.15, 0.2) is 18.2 Å². The Bertz CT molecular complexity index is 399. The van der Waals surface area contributed by atoms with Crippen molar-refractivity contribution in [3.63, 3.8) is 0 Å². The zero-order chi connectivity index (χ0) is 13.0. The molecular weight excluding hydrogens is 228 g/mol. The highest BCUT2D eigenvalue weighted by atomic mass is 17.2. The Kier molecular flexibility index (Phi) is 4.37. The lowest BCUT2D eigenvalue weighted by Crippen LogP contribution is -2.14. The molecule has 0 bridgehead atoms. The molecule has 1 aromatic rings. The normalized spacial score (nSPS) is 16.6. The van der Waals surface area contributed by atoms with Crippen molar-refractivity contribution in [2.45, 2.75) is 39.5 Å². The van der Waals surface area contributed by atoms with E-state index in [1.165, 1.54) is 0 Å². The molecule has 3 nitrogen and oxygen atoms in total. The van der Waals surface area contributed by atoms with Gasteiger partial charge in [-0.25, -0.2) is 4.79 Å². The van der Waals surface area contributed by atoms with Crippen molar-refractivity contribution >= 4 is 5.97 Å². The van der Waals surface area contributed by atoms with Crippen LogP contribution < -0.4 is 0 Å². The molecule has 96 valence electrons. The molecule has 3 heteroatoms.